The summed E-state index contributed by atoms with van der Waals surface area (Å²) in [4.78, 5) is 20.0. The minimum absolute atomic E-state index is 0.0235. The average molecular weight is 291 g/mol. The van der Waals surface area contributed by atoms with Crippen LogP contribution in [0.15, 0.2) is 22.9 Å². The second-order valence-electron chi connectivity index (χ2n) is 5.48. The summed E-state index contributed by atoms with van der Waals surface area (Å²) in [5.41, 5.74) is 5.85. The van der Waals surface area contributed by atoms with Gasteiger partial charge in [-0.1, -0.05) is 19.6 Å². The van der Waals surface area contributed by atoms with E-state index in [1.54, 1.807) is 13.1 Å². The Kier molecular flexibility index (Phi) is 3.62. The van der Waals surface area contributed by atoms with E-state index in [0.717, 1.165) is 5.32 Å². The van der Waals surface area contributed by atoms with Gasteiger partial charge in [0.1, 0.15) is 8.07 Å². The average Bonchev–Trinajstić information content (AvgIpc) is 2.78. The zero-order valence-corrected chi connectivity index (χ0v) is 12.9. The first-order valence-electron chi connectivity index (χ1n) is 6.18. The predicted molar refractivity (Wildman–Crippen MR) is 77.0 cm³/mol. The molecular formula is C13H17N3O3Si. The van der Waals surface area contributed by atoms with Crippen molar-refractivity contribution in [3.8, 4) is 11.6 Å². The van der Waals surface area contributed by atoms with Crippen LogP contribution in [0.1, 0.15) is 16.2 Å². The number of primary amides is 1. The SMILES string of the molecule is Cc1ncc([Si](C)(C)C)nc1Oc1ccoc1C(N)=O. The maximum absolute atomic E-state index is 11.2. The Morgan fingerprint density at radius 1 is 1.40 bits per heavy atom. The van der Waals surface area contributed by atoms with Gasteiger partial charge in [-0.15, -0.1) is 0 Å². The Morgan fingerprint density at radius 3 is 2.70 bits per heavy atom. The third kappa shape index (κ3) is 2.88. The molecule has 2 N–H and O–H groups in total. The van der Waals surface area contributed by atoms with Crippen LogP contribution in [0.2, 0.25) is 19.6 Å². The highest BCUT2D eigenvalue weighted by Gasteiger charge is 2.22. The van der Waals surface area contributed by atoms with Gasteiger partial charge < -0.3 is 14.9 Å². The molecule has 0 aliphatic carbocycles. The highest BCUT2D eigenvalue weighted by Crippen LogP contribution is 2.25. The topological polar surface area (TPSA) is 91.2 Å². The van der Waals surface area contributed by atoms with Crippen LogP contribution in [0.4, 0.5) is 0 Å². The van der Waals surface area contributed by atoms with Crippen molar-refractivity contribution in [1.82, 2.24) is 9.97 Å². The molecular weight excluding hydrogens is 274 g/mol. The molecule has 1 amide bonds. The lowest BCUT2D eigenvalue weighted by Gasteiger charge is -2.16. The summed E-state index contributed by atoms with van der Waals surface area (Å²) in [5, 5.41) is 0.933. The molecule has 2 rings (SSSR count). The Hall–Kier alpha value is -2.15. The van der Waals surface area contributed by atoms with Crippen LogP contribution in [0.5, 0.6) is 11.6 Å². The van der Waals surface area contributed by atoms with E-state index in [1.165, 1.54) is 12.3 Å². The molecule has 0 radical (unpaired) electrons. The van der Waals surface area contributed by atoms with Gasteiger partial charge in [0.25, 0.3) is 5.91 Å². The van der Waals surface area contributed by atoms with Gasteiger partial charge in [-0.25, -0.2) is 4.98 Å². The maximum Gasteiger partial charge on any atom is 0.288 e. The second-order valence-corrected chi connectivity index (χ2v) is 10.5. The molecule has 0 saturated carbocycles. The second kappa shape index (κ2) is 5.08. The van der Waals surface area contributed by atoms with Crippen molar-refractivity contribution in [2.24, 2.45) is 5.73 Å². The Morgan fingerprint density at radius 2 is 2.10 bits per heavy atom. The molecule has 0 atom stereocenters. The molecule has 7 heteroatoms. The lowest BCUT2D eigenvalue weighted by molar-refractivity contribution is 0.0970. The minimum atomic E-state index is -1.59. The first-order chi connectivity index (χ1) is 9.29. The van der Waals surface area contributed by atoms with Crippen molar-refractivity contribution in [2.45, 2.75) is 26.6 Å². The van der Waals surface area contributed by atoms with E-state index in [1.807, 2.05) is 0 Å². The molecule has 6 nitrogen and oxygen atoms in total. The molecule has 20 heavy (non-hydrogen) atoms. The fourth-order valence-corrected chi connectivity index (χ4v) is 2.44. The van der Waals surface area contributed by atoms with Crippen LogP contribution in [-0.4, -0.2) is 23.9 Å². The molecule has 0 saturated heterocycles. The Balaban J connectivity index is 2.38. The van der Waals surface area contributed by atoms with Crippen molar-refractivity contribution < 1.29 is 13.9 Å². The fraction of sp³-hybridized carbons (Fsp3) is 0.308. The number of nitrogens with two attached hydrogens (primary N) is 1. The number of furan rings is 1. The van der Waals surface area contributed by atoms with Crippen molar-refractivity contribution in [2.75, 3.05) is 0 Å². The van der Waals surface area contributed by atoms with Gasteiger partial charge in [-0.05, 0) is 6.92 Å². The number of ether oxygens (including phenoxy) is 1. The van der Waals surface area contributed by atoms with Crippen LogP contribution in [0, 0.1) is 6.92 Å². The number of carbonyl (C=O) groups excluding carboxylic acids is 1. The summed E-state index contributed by atoms with van der Waals surface area (Å²) in [7, 11) is -1.59. The summed E-state index contributed by atoms with van der Waals surface area (Å²) in [6.07, 6.45) is 3.12. The molecule has 0 spiro atoms. The number of hydrogen-bond acceptors (Lipinski definition) is 5. The van der Waals surface area contributed by atoms with E-state index in [9.17, 15) is 4.79 Å². The quantitative estimate of drug-likeness (QED) is 0.867. The molecule has 0 aliphatic rings. The van der Waals surface area contributed by atoms with Gasteiger partial charge in [0.15, 0.2) is 5.75 Å². The Labute approximate surface area is 118 Å². The number of amides is 1. The highest BCUT2D eigenvalue weighted by molar-refractivity contribution is 6.88. The van der Waals surface area contributed by atoms with Crippen molar-refractivity contribution in [3.05, 3.63) is 30.0 Å². The lowest BCUT2D eigenvalue weighted by Crippen LogP contribution is -2.40. The lowest BCUT2D eigenvalue weighted by atomic mass is 10.4. The number of hydrogen-bond donors (Lipinski definition) is 1. The molecule has 0 fully saturated rings. The van der Waals surface area contributed by atoms with E-state index < -0.39 is 14.0 Å². The van der Waals surface area contributed by atoms with E-state index in [-0.39, 0.29) is 11.5 Å². The third-order valence-electron chi connectivity index (χ3n) is 2.74. The standard InChI is InChI=1S/C13H17N3O3Si/c1-8-13(16-10(7-15-8)20(2,3)4)19-9-5-6-18-11(9)12(14)17/h5-7H,1-4H3,(H2,14,17). The van der Waals surface area contributed by atoms with E-state index in [2.05, 4.69) is 29.6 Å². The van der Waals surface area contributed by atoms with Gasteiger partial charge in [0.05, 0.1) is 12.0 Å². The van der Waals surface area contributed by atoms with Gasteiger partial charge >= 0.3 is 0 Å². The van der Waals surface area contributed by atoms with Crippen LogP contribution < -0.4 is 15.8 Å². The van der Waals surface area contributed by atoms with Crippen LogP contribution in [0.3, 0.4) is 0 Å². The molecule has 2 aromatic rings. The first-order valence-corrected chi connectivity index (χ1v) is 9.68. The Bertz CT molecular complexity index is 647. The minimum Gasteiger partial charge on any atom is -0.455 e. The van der Waals surface area contributed by atoms with Crippen LogP contribution >= 0.6 is 0 Å². The zero-order chi connectivity index (χ0) is 14.9. The molecule has 106 valence electrons. The molecule has 0 unspecified atom stereocenters. The first kappa shape index (κ1) is 14.3. The van der Waals surface area contributed by atoms with Crippen LogP contribution in [0.25, 0.3) is 0 Å². The van der Waals surface area contributed by atoms with E-state index in [4.69, 9.17) is 14.9 Å². The van der Waals surface area contributed by atoms with Crippen molar-refractivity contribution in [1.29, 1.82) is 0 Å². The monoisotopic (exact) mass is 291 g/mol. The third-order valence-corrected chi connectivity index (χ3v) is 4.52. The number of aromatic nitrogens is 2. The number of nitrogens with zero attached hydrogens (tertiary/aromatic N) is 2. The molecule has 0 aliphatic heterocycles. The van der Waals surface area contributed by atoms with E-state index in [0.29, 0.717) is 11.6 Å². The fourth-order valence-electron chi connectivity index (χ4n) is 1.55. The molecule has 0 aromatic carbocycles. The summed E-state index contributed by atoms with van der Waals surface area (Å²) < 4.78 is 10.6. The zero-order valence-electron chi connectivity index (χ0n) is 11.9. The number of rotatable bonds is 4. The van der Waals surface area contributed by atoms with Gasteiger partial charge in [-0.2, -0.15) is 0 Å². The summed E-state index contributed by atoms with van der Waals surface area (Å²) in [6, 6.07) is 1.53. The van der Waals surface area contributed by atoms with Gasteiger partial charge in [-0.3, -0.25) is 9.78 Å². The highest BCUT2D eigenvalue weighted by atomic mass is 28.3. The molecule has 0 bridgehead atoms. The summed E-state index contributed by atoms with van der Waals surface area (Å²) in [5.74, 6) is -0.0852. The predicted octanol–water partition coefficient (Wildman–Crippen LogP) is 1.81. The normalized spacial score (nSPS) is 11.4. The number of carbonyl (C=O) groups is 1. The maximum atomic E-state index is 11.2. The van der Waals surface area contributed by atoms with Gasteiger partial charge in [0.2, 0.25) is 11.6 Å². The molecule has 2 heterocycles. The summed E-state index contributed by atoms with van der Waals surface area (Å²) in [6.45, 7) is 8.30. The van der Waals surface area contributed by atoms with E-state index >= 15 is 0 Å². The molecule has 2 aromatic heterocycles. The summed E-state index contributed by atoms with van der Waals surface area (Å²) >= 11 is 0. The van der Waals surface area contributed by atoms with Gasteiger partial charge in [0, 0.05) is 17.6 Å². The number of aryl methyl sites for hydroxylation is 1. The van der Waals surface area contributed by atoms with Crippen molar-refractivity contribution >= 4 is 19.3 Å². The smallest absolute Gasteiger partial charge is 0.288 e. The van der Waals surface area contributed by atoms with Crippen LogP contribution in [-0.2, 0) is 0 Å². The largest absolute Gasteiger partial charge is 0.455 e. The van der Waals surface area contributed by atoms with Crippen molar-refractivity contribution in [3.63, 3.8) is 0 Å².